The predicted octanol–water partition coefficient (Wildman–Crippen LogP) is 1.93. The van der Waals surface area contributed by atoms with Crippen LogP contribution in [0.3, 0.4) is 0 Å². The molecule has 2 rings (SSSR count). The summed E-state index contributed by atoms with van der Waals surface area (Å²) >= 11 is 5.89. The third-order valence-electron chi connectivity index (χ3n) is 2.89. The van der Waals surface area contributed by atoms with Crippen molar-refractivity contribution in [3.05, 3.63) is 47.0 Å². The van der Waals surface area contributed by atoms with Crippen LogP contribution in [0, 0.1) is 0 Å². The highest BCUT2D eigenvalue weighted by atomic mass is 35.5. The Labute approximate surface area is 116 Å². The fourth-order valence-corrected chi connectivity index (χ4v) is 1.92. The second kappa shape index (κ2) is 5.32. The number of aryl methyl sites for hydroxylation is 1. The van der Waals surface area contributed by atoms with Gasteiger partial charge in [-0.05, 0) is 18.2 Å². The largest absolute Gasteiger partial charge is 0.398 e. The molecule has 0 bridgehead atoms. The topological polar surface area (TPSA) is 64.2 Å². The van der Waals surface area contributed by atoms with Gasteiger partial charge in [0.2, 0.25) is 0 Å². The molecule has 1 amide bonds. The first-order valence-corrected chi connectivity index (χ1v) is 6.13. The molecule has 100 valence electrons. The van der Waals surface area contributed by atoms with Gasteiger partial charge in [-0.15, -0.1) is 0 Å². The van der Waals surface area contributed by atoms with E-state index in [0.717, 1.165) is 5.82 Å². The van der Waals surface area contributed by atoms with Crippen LogP contribution < -0.4 is 5.73 Å². The van der Waals surface area contributed by atoms with Crippen molar-refractivity contribution in [3.63, 3.8) is 0 Å². The summed E-state index contributed by atoms with van der Waals surface area (Å²) in [6.07, 6.45) is 3.53. The number of carbonyl (C=O) groups excluding carboxylic acids is 1. The van der Waals surface area contributed by atoms with Gasteiger partial charge in [0.05, 0.1) is 12.1 Å². The standard InChI is InChI=1S/C13H15ClN4O/c1-17-6-5-16-12(17)8-18(2)13(19)10-7-9(14)3-4-11(10)15/h3-7H,8,15H2,1-2H3. The second-order valence-corrected chi connectivity index (χ2v) is 4.78. The van der Waals surface area contributed by atoms with Gasteiger partial charge in [0.25, 0.3) is 5.91 Å². The molecule has 0 aliphatic heterocycles. The Morgan fingerprint density at radius 2 is 2.26 bits per heavy atom. The van der Waals surface area contributed by atoms with Crippen molar-refractivity contribution >= 4 is 23.2 Å². The van der Waals surface area contributed by atoms with Gasteiger partial charge in [-0.25, -0.2) is 4.98 Å². The molecule has 0 atom stereocenters. The van der Waals surface area contributed by atoms with Crippen LogP contribution in [0.15, 0.2) is 30.6 Å². The first-order valence-electron chi connectivity index (χ1n) is 5.75. The lowest BCUT2D eigenvalue weighted by Crippen LogP contribution is -2.28. The molecule has 0 aliphatic rings. The van der Waals surface area contributed by atoms with E-state index >= 15 is 0 Å². The number of hydrogen-bond acceptors (Lipinski definition) is 3. The quantitative estimate of drug-likeness (QED) is 0.873. The van der Waals surface area contributed by atoms with Crippen LogP contribution in [0.5, 0.6) is 0 Å². The van der Waals surface area contributed by atoms with Crippen molar-refractivity contribution in [2.45, 2.75) is 6.54 Å². The minimum atomic E-state index is -0.178. The van der Waals surface area contributed by atoms with Gasteiger partial charge in [0, 0.05) is 37.2 Å². The monoisotopic (exact) mass is 278 g/mol. The number of imidazole rings is 1. The molecule has 2 N–H and O–H groups in total. The molecule has 0 unspecified atom stereocenters. The molecule has 1 heterocycles. The smallest absolute Gasteiger partial charge is 0.256 e. The molecule has 19 heavy (non-hydrogen) atoms. The van der Waals surface area contributed by atoms with Crippen LogP contribution in [-0.4, -0.2) is 27.4 Å². The van der Waals surface area contributed by atoms with E-state index in [1.165, 1.54) is 0 Å². The average Bonchev–Trinajstić information content (AvgIpc) is 2.77. The van der Waals surface area contributed by atoms with Crippen LogP contribution in [-0.2, 0) is 13.6 Å². The maximum absolute atomic E-state index is 12.3. The number of rotatable bonds is 3. The van der Waals surface area contributed by atoms with E-state index in [4.69, 9.17) is 17.3 Å². The van der Waals surface area contributed by atoms with Crippen molar-refractivity contribution in [3.8, 4) is 0 Å². The second-order valence-electron chi connectivity index (χ2n) is 4.35. The molecule has 1 aromatic heterocycles. The van der Waals surface area contributed by atoms with Gasteiger partial charge in [-0.2, -0.15) is 0 Å². The van der Waals surface area contributed by atoms with Gasteiger partial charge in [-0.1, -0.05) is 11.6 Å². The molecule has 6 heteroatoms. The number of halogens is 1. The molecule has 1 aromatic carbocycles. The summed E-state index contributed by atoms with van der Waals surface area (Å²) in [7, 11) is 3.59. The molecule has 5 nitrogen and oxygen atoms in total. The highest BCUT2D eigenvalue weighted by Crippen LogP contribution is 2.19. The van der Waals surface area contributed by atoms with E-state index in [2.05, 4.69) is 4.98 Å². The minimum absolute atomic E-state index is 0.178. The van der Waals surface area contributed by atoms with Crippen molar-refractivity contribution < 1.29 is 4.79 Å². The molecular formula is C13H15ClN4O. The molecule has 0 fully saturated rings. The summed E-state index contributed by atoms with van der Waals surface area (Å²) in [5.74, 6) is 0.624. The maximum atomic E-state index is 12.3. The average molecular weight is 279 g/mol. The van der Waals surface area contributed by atoms with Gasteiger partial charge in [0.15, 0.2) is 0 Å². The molecule has 0 aliphatic carbocycles. The number of benzene rings is 1. The van der Waals surface area contributed by atoms with Crippen molar-refractivity contribution in [1.82, 2.24) is 14.5 Å². The summed E-state index contributed by atoms with van der Waals surface area (Å²) in [6.45, 7) is 0.411. The molecule has 0 saturated carbocycles. The summed E-state index contributed by atoms with van der Waals surface area (Å²) in [6, 6.07) is 4.87. The number of anilines is 1. The van der Waals surface area contributed by atoms with Crippen LogP contribution in [0.2, 0.25) is 5.02 Å². The normalized spacial score (nSPS) is 10.5. The maximum Gasteiger partial charge on any atom is 0.256 e. The summed E-state index contributed by atoms with van der Waals surface area (Å²) in [5.41, 5.74) is 6.63. The Morgan fingerprint density at radius 3 is 2.89 bits per heavy atom. The zero-order valence-electron chi connectivity index (χ0n) is 10.8. The summed E-state index contributed by atoms with van der Waals surface area (Å²) in [5, 5.41) is 0.489. The van der Waals surface area contributed by atoms with E-state index in [9.17, 15) is 4.79 Å². The van der Waals surface area contributed by atoms with E-state index in [-0.39, 0.29) is 5.91 Å². The van der Waals surface area contributed by atoms with E-state index < -0.39 is 0 Å². The van der Waals surface area contributed by atoms with Gasteiger partial charge < -0.3 is 15.2 Å². The fraction of sp³-hybridized carbons (Fsp3) is 0.231. The third-order valence-corrected chi connectivity index (χ3v) is 3.13. The number of aromatic nitrogens is 2. The molecule has 0 spiro atoms. The Morgan fingerprint density at radius 1 is 1.53 bits per heavy atom. The van der Waals surface area contributed by atoms with Gasteiger partial charge in [0.1, 0.15) is 5.82 Å². The zero-order valence-corrected chi connectivity index (χ0v) is 11.6. The molecular weight excluding hydrogens is 264 g/mol. The minimum Gasteiger partial charge on any atom is -0.398 e. The number of nitrogens with zero attached hydrogens (tertiary/aromatic N) is 3. The Balaban J connectivity index is 2.19. The van der Waals surface area contributed by atoms with Crippen molar-refractivity contribution in [2.24, 2.45) is 7.05 Å². The number of carbonyl (C=O) groups is 1. The van der Waals surface area contributed by atoms with Crippen LogP contribution >= 0.6 is 11.6 Å². The van der Waals surface area contributed by atoms with Gasteiger partial charge >= 0.3 is 0 Å². The summed E-state index contributed by atoms with van der Waals surface area (Å²) < 4.78 is 1.87. The third kappa shape index (κ3) is 2.88. The fourth-order valence-electron chi connectivity index (χ4n) is 1.75. The van der Waals surface area contributed by atoms with Gasteiger partial charge in [-0.3, -0.25) is 4.79 Å². The van der Waals surface area contributed by atoms with Crippen molar-refractivity contribution in [1.29, 1.82) is 0 Å². The Kier molecular flexibility index (Phi) is 3.76. The predicted molar refractivity (Wildman–Crippen MR) is 74.9 cm³/mol. The van der Waals surface area contributed by atoms with Crippen LogP contribution in [0.1, 0.15) is 16.2 Å². The first kappa shape index (κ1) is 13.4. The highest BCUT2D eigenvalue weighted by Gasteiger charge is 2.16. The SMILES string of the molecule is CN(Cc1nccn1C)C(=O)c1cc(Cl)ccc1N. The molecule has 2 aromatic rings. The van der Waals surface area contributed by atoms with Crippen LogP contribution in [0.25, 0.3) is 0 Å². The molecule has 0 radical (unpaired) electrons. The number of amides is 1. The number of nitrogen functional groups attached to an aromatic ring is 1. The summed E-state index contributed by atoms with van der Waals surface area (Å²) in [4.78, 5) is 18.0. The zero-order chi connectivity index (χ0) is 14.0. The van der Waals surface area contributed by atoms with Crippen LogP contribution in [0.4, 0.5) is 5.69 Å². The lowest BCUT2D eigenvalue weighted by atomic mass is 10.1. The highest BCUT2D eigenvalue weighted by molar-refractivity contribution is 6.31. The molecule has 0 saturated heterocycles. The number of nitrogens with two attached hydrogens (primary N) is 1. The first-order chi connectivity index (χ1) is 8.99. The number of hydrogen-bond donors (Lipinski definition) is 1. The van der Waals surface area contributed by atoms with E-state index in [1.54, 1.807) is 36.3 Å². The van der Waals surface area contributed by atoms with E-state index in [0.29, 0.717) is 22.8 Å². The van der Waals surface area contributed by atoms with E-state index in [1.807, 2.05) is 17.8 Å². The Bertz CT molecular complexity index is 608. The van der Waals surface area contributed by atoms with Crippen molar-refractivity contribution in [2.75, 3.05) is 12.8 Å². The lowest BCUT2D eigenvalue weighted by molar-refractivity contribution is 0.0781. The Hall–Kier alpha value is -2.01. The lowest BCUT2D eigenvalue weighted by Gasteiger charge is -2.18.